The van der Waals surface area contributed by atoms with Gasteiger partial charge in [0.25, 0.3) is 5.91 Å². The van der Waals surface area contributed by atoms with Crippen molar-refractivity contribution in [2.45, 2.75) is 24.1 Å². The summed E-state index contributed by atoms with van der Waals surface area (Å²) < 4.78 is 5.37. The van der Waals surface area contributed by atoms with E-state index in [1.54, 1.807) is 35.1 Å². The van der Waals surface area contributed by atoms with Crippen molar-refractivity contribution in [2.24, 2.45) is 0 Å². The van der Waals surface area contributed by atoms with E-state index in [2.05, 4.69) is 10.4 Å². The molecule has 0 fully saturated rings. The van der Waals surface area contributed by atoms with Gasteiger partial charge in [0.1, 0.15) is 5.75 Å². The Morgan fingerprint density at radius 3 is 2.59 bits per heavy atom. The Labute approximate surface area is 168 Å². The van der Waals surface area contributed by atoms with E-state index < -0.39 is 0 Å². The molecule has 27 heavy (non-hydrogen) atoms. The number of carbonyl (C=O) groups excluding carboxylic acids is 1. The van der Waals surface area contributed by atoms with Gasteiger partial charge in [-0.2, -0.15) is 0 Å². The van der Waals surface area contributed by atoms with Gasteiger partial charge in [-0.25, -0.2) is 4.98 Å². The van der Waals surface area contributed by atoms with Crippen LogP contribution < -0.4 is 4.74 Å². The predicted molar refractivity (Wildman–Crippen MR) is 112 cm³/mol. The van der Waals surface area contributed by atoms with Crippen LogP contribution in [0.3, 0.4) is 0 Å². The lowest BCUT2D eigenvalue weighted by atomic mass is 10.1. The monoisotopic (exact) mass is 398 g/mol. The first kappa shape index (κ1) is 19.5. The maximum absolute atomic E-state index is 12.7. The molecule has 0 aliphatic carbocycles. The quantitative estimate of drug-likeness (QED) is 0.524. The number of hydrogen-bond donors (Lipinski definition) is 0. The van der Waals surface area contributed by atoms with Gasteiger partial charge < -0.3 is 9.64 Å². The highest BCUT2D eigenvalue weighted by Gasteiger charge is 2.14. The largest absolute Gasteiger partial charge is 0.496 e. The number of hydrogen-bond acceptors (Lipinski definition) is 5. The third-order valence-electron chi connectivity index (χ3n) is 4.10. The van der Waals surface area contributed by atoms with E-state index in [1.807, 2.05) is 62.5 Å². The van der Waals surface area contributed by atoms with Crippen molar-refractivity contribution in [3.05, 3.63) is 75.7 Å². The molecule has 0 unspecified atom stereocenters. The van der Waals surface area contributed by atoms with Gasteiger partial charge in [0.05, 0.1) is 17.8 Å². The van der Waals surface area contributed by atoms with Crippen LogP contribution in [0.2, 0.25) is 0 Å². The summed E-state index contributed by atoms with van der Waals surface area (Å²) in [7, 11) is 3.45. The van der Waals surface area contributed by atoms with Crippen molar-refractivity contribution in [3.63, 3.8) is 0 Å². The minimum absolute atomic E-state index is 0.00687. The standard InChI is InChI=1S/C21H22N2O2S2/c1-15-22-18(13-26-15)14-27-19-10-8-16(9-11-19)21(24)23(2)12-17-6-4-5-7-20(17)25-3/h4-11,13H,12,14H2,1-3H3. The molecule has 0 aliphatic rings. The minimum atomic E-state index is -0.00687. The van der Waals surface area contributed by atoms with Gasteiger partial charge >= 0.3 is 0 Å². The number of carbonyl (C=O) groups is 1. The van der Waals surface area contributed by atoms with Gasteiger partial charge in [0.15, 0.2) is 0 Å². The van der Waals surface area contributed by atoms with E-state index in [4.69, 9.17) is 4.74 Å². The van der Waals surface area contributed by atoms with E-state index in [0.29, 0.717) is 12.1 Å². The number of ether oxygens (including phenoxy) is 1. The second-order valence-corrected chi connectivity index (χ2v) is 8.25. The van der Waals surface area contributed by atoms with Crippen LogP contribution in [0, 0.1) is 6.92 Å². The van der Waals surface area contributed by atoms with Crippen LogP contribution in [-0.4, -0.2) is 29.9 Å². The molecule has 0 N–H and O–H groups in total. The number of aromatic nitrogens is 1. The van der Waals surface area contributed by atoms with Crippen molar-refractivity contribution in [2.75, 3.05) is 14.2 Å². The number of methoxy groups -OCH3 is 1. The molecule has 4 nitrogen and oxygen atoms in total. The molecule has 3 aromatic rings. The van der Waals surface area contributed by atoms with Gasteiger partial charge in [-0.15, -0.1) is 23.1 Å². The zero-order valence-corrected chi connectivity index (χ0v) is 17.3. The molecule has 1 aromatic heterocycles. The number of rotatable bonds is 7. The zero-order valence-electron chi connectivity index (χ0n) is 15.6. The lowest BCUT2D eigenvalue weighted by Gasteiger charge is -2.19. The van der Waals surface area contributed by atoms with Gasteiger partial charge in [-0.3, -0.25) is 4.79 Å². The van der Waals surface area contributed by atoms with Crippen molar-refractivity contribution < 1.29 is 9.53 Å². The highest BCUT2D eigenvalue weighted by atomic mass is 32.2. The summed E-state index contributed by atoms with van der Waals surface area (Å²) in [6.45, 7) is 2.52. The van der Waals surface area contributed by atoms with Gasteiger partial charge in [-0.05, 0) is 37.3 Å². The predicted octanol–water partition coefficient (Wildman–Crippen LogP) is 5.02. The first-order chi connectivity index (χ1) is 13.1. The maximum Gasteiger partial charge on any atom is 0.253 e. The normalized spacial score (nSPS) is 10.6. The summed E-state index contributed by atoms with van der Waals surface area (Å²) in [5.41, 5.74) is 2.77. The second kappa shape index (κ2) is 9.06. The SMILES string of the molecule is COc1ccccc1CN(C)C(=O)c1ccc(SCc2csc(C)n2)cc1. The molecule has 0 aliphatic heterocycles. The number of thiazole rings is 1. The molecule has 0 saturated carbocycles. The highest BCUT2D eigenvalue weighted by molar-refractivity contribution is 7.98. The summed E-state index contributed by atoms with van der Waals surface area (Å²) in [6.07, 6.45) is 0. The van der Waals surface area contributed by atoms with Crippen LogP contribution in [0.25, 0.3) is 0 Å². The van der Waals surface area contributed by atoms with Crippen molar-refractivity contribution in [1.29, 1.82) is 0 Å². The average Bonchev–Trinajstić information content (AvgIpc) is 3.12. The smallest absolute Gasteiger partial charge is 0.253 e. The number of benzene rings is 2. The van der Waals surface area contributed by atoms with Crippen LogP contribution in [0.4, 0.5) is 0 Å². The lowest BCUT2D eigenvalue weighted by molar-refractivity contribution is 0.0784. The molecule has 2 aromatic carbocycles. The summed E-state index contributed by atoms with van der Waals surface area (Å²) in [6, 6.07) is 15.5. The number of thioether (sulfide) groups is 1. The third-order valence-corrected chi connectivity index (χ3v) is 5.97. The maximum atomic E-state index is 12.7. The van der Waals surface area contributed by atoms with E-state index in [1.165, 1.54) is 0 Å². The van der Waals surface area contributed by atoms with Crippen LogP contribution in [-0.2, 0) is 12.3 Å². The van der Waals surface area contributed by atoms with Crippen LogP contribution >= 0.6 is 23.1 Å². The molecule has 1 heterocycles. The van der Waals surface area contributed by atoms with Crippen molar-refractivity contribution >= 4 is 29.0 Å². The van der Waals surface area contributed by atoms with Crippen molar-refractivity contribution in [1.82, 2.24) is 9.88 Å². The number of para-hydroxylation sites is 1. The molecular weight excluding hydrogens is 376 g/mol. The van der Waals surface area contributed by atoms with Gasteiger partial charge in [0, 0.05) is 40.7 Å². The highest BCUT2D eigenvalue weighted by Crippen LogP contribution is 2.24. The second-order valence-electron chi connectivity index (χ2n) is 6.14. The van der Waals surface area contributed by atoms with Crippen LogP contribution in [0.15, 0.2) is 58.8 Å². The first-order valence-electron chi connectivity index (χ1n) is 8.58. The Morgan fingerprint density at radius 2 is 1.93 bits per heavy atom. The number of aryl methyl sites for hydroxylation is 1. The Bertz CT molecular complexity index is 907. The Morgan fingerprint density at radius 1 is 1.19 bits per heavy atom. The first-order valence-corrected chi connectivity index (χ1v) is 10.4. The molecular formula is C21H22N2O2S2. The number of amides is 1. The van der Waals surface area contributed by atoms with Crippen LogP contribution in [0.5, 0.6) is 5.75 Å². The summed E-state index contributed by atoms with van der Waals surface area (Å²) in [5.74, 6) is 1.62. The van der Waals surface area contributed by atoms with E-state index in [-0.39, 0.29) is 5.91 Å². The molecule has 0 bridgehead atoms. The Balaban J connectivity index is 1.61. The number of nitrogens with zero attached hydrogens (tertiary/aromatic N) is 2. The van der Waals surface area contributed by atoms with E-state index >= 15 is 0 Å². The Hall–Kier alpha value is -2.31. The van der Waals surface area contributed by atoms with Gasteiger partial charge in [-0.1, -0.05) is 18.2 Å². The lowest BCUT2D eigenvalue weighted by Crippen LogP contribution is -2.26. The van der Waals surface area contributed by atoms with E-state index in [0.717, 1.165) is 32.7 Å². The molecule has 0 saturated heterocycles. The van der Waals surface area contributed by atoms with Gasteiger partial charge in [0.2, 0.25) is 0 Å². The molecule has 0 radical (unpaired) electrons. The molecule has 6 heteroatoms. The van der Waals surface area contributed by atoms with E-state index in [9.17, 15) is 4.79 Å². The fraction of sp³-hybridized carbons (Fsp3) is 0.238. The average molecular weight is 399 g/mol. The molecule has 0 atom stereocenters. The van der Waals surface area contributed by atoms with Crippen molar-refractivity contribution in [3.8, 4) is 5.75 Å². The zero-order chi connectivity index (χ0) is 19.2. The molecule has 140 valence electrons. The summed E-state index contributed by atoms with van der Waals surface area (Å²) in [5, 5.41) is 3.18. The third kappa shape index (κ3) is 5.11. The summed E-state index contributed by atoms with van der Waals surface area (Å²) in [4.78, 5) is 20.0. The summed E-state index contributed by atoms with van der Waals surface area (Å²) >= 11 is 3.39. The Kier molecular flexibility index (Phi) is 6.53. The van der Waals surface area contributed by atoms with Crippen LogP contribution in [0.1, 0.15) is 26.6 Å². The molecule has 0 spiro atoms. The molecule has 3 rings (SSSR count). The topological polar surface area (TPSA) is 42.4 Å². The minimum Gasteiger partial charge on any atom is -0.496 e. The molecule has 1 amide bonds. The fourth-order valence-corrected chi connectivity index (χ4v) is 4.22. The fourth-order valence-electron chi connectivity index (χ4n) is 2.71.